The van der Waals surface area contributed by atoms with E-state index < -0.39 is 0 Å². The number of nitrogens with zero attached hydrogens (tertiary/aromatic N) is 1. The van der Waals surface area contributed by atoms with E-state index in [4.69, 9.17) is 27.6 Å². The van der Waals surface area contributed by atoms with Gasteiger partial charge in [0.1, 0.15) is 11.3 Å². The maximum absolute atomic E-state index is 12.7. The fraction of sp³-hybridized carbons (Fsp3) is 0.269. The van der Waals surface area contributed by atoms with Gasteiger partial charge in [0.2, 0.25) is 0 Å². The SMILES string of the molecule is O=C(NC1CCC(CNC(=O)c2cc3cc(Cl)ccc3o2)CC1)c1ccc2cc(Cl)ccc2n1. The number of carbonyl (C=O) groups is 2. The lowest BCUT2D eigenvalue weighted by Gasteiger charge is -2.29. The molecule has 2 aromatic heterocycles. The quantitative estimate of drug-likeness (QED) is 0.355. The first-order valence-electron chi connectivity index (χ1n) is 11.3. The first-order chi connectivity index (χ1) is 16.4. The Kier molecular flexibility index (Phi) is 6.44. The van der Waals surface area contributed by atoms with Gasteiger partial charge in [-0.2, -0.15) is 0 Å². The second-order valence-electron chi connectivity index (χ2n) is 8.73. The molecule has 0 radical (unpaired) electrons. The van der Waals surface area contributed by atoms with Crippen molar-refractivity contribution in [2.24, 2.45) is 5.92 Å². The molecule has 1 aliphatic rings. The highest BCUT2D eigenvalue weighted by Gasteiger charge is 2.24. The molecular formula is C26H23Cl2N3O3. The number of pyridine rings is 1. The first-order valence-corrected chi connectivity index (χ1v) is 12.0. The van der Waals surface area contributed by atoms with Crippen LogP contribution in [0.3, 0.4) is 0 Å². The molecule has 34 heavy (non-hydrogen) atoms. The van der Waals surface area contributed by atoms with Crippen molar-refractivity contribution < 1.29 is 14.0 Å². The van der Waals surface area contributed by atoms with Gasteiger partial charge in [0.25, 0.3) is 11.8 Å². The van der Waals surface area contributed by atoms with Crippen LogP contribution in [0.1, 0.15) is 46.7 Å². The number of hydrogen-bond donors (Lipinski definition) is 2. The molecule has 6 nitrogen and oxygen atoms in total. The van der Waals surface area contributed by atoms with Gasteiger partial charge >= 0.3 is 0 Å². The molecule has 1 aliphatic carbocycles. The van der Waals surface area contributed by atoms with Crippen molar-refractivity contribution in [1.82, 2.24) is 15.6 Å². The molecule has 2 heterocycles. The minimum absolute atomic E-state index is 0.0993. The lowest BCUT2D eigenvalue weighted by atomic mass is 9.86. The monoisotopic (exact) mass is 495 g/mol. The van der Waals surface area contributed by atoms with Crippen LogP contribution in [0.5, 0.6) is 0 Å². The zero-order valence-electron chi connectivity index (χ0n) is 18.3. The van der Waals surface area contributed by atoms with Crippen LogP contribution in [0.4, 0.5) is 0 Å². The molecule has 0 saturated heterocycles. The number of hydrogen-bond acceptors (Lipinski definition) is 4. The van der Waals surface area contributed by atoms with Gasteiger partial charge in [-0.05, 0) is 80.1 Å². The number of aromatic nitrogens is 1. The summed E-state index contributed by atoms with van der Waals surface area (Å²) in [5.74, 6) is 0.243. The van der Waals surface area contributed by atoms with Gasteiger partial charge in [-0.3, -0.25) is 9.59 Å². The van der Waals surface area contributed by atoms with Gasteiger partial charge in [0, 0.05) is 33.4 Å². The van der Waals surface area contributed by atoms with E-state index in [1.54, 1.807) is 36.4 Å². The first kappa shape index (κ1) is 22.7. The molecule has 2 N–H and O–H groups in total. The second kappa shape index (κ2) is 9.65. The molecule has 2 amide bonds. The van der Waals surface area contributed by atoms with Crippen LogP contribution in [0.25, 0.3) is 21.9 Å². The van der Waals surface area contributed by atoms with Crippen LogP contribution < -0.4 is 10.6 Å². The molecule has 5 rings (SSSR count). The number of amides is 2. The summed E-state index contributed by atoms with van der Waals surface area (Å²) >= 11 is 12.0. The van der Waals surface area contributed by atoms with Crippen molar-refractivity contribution in [3.8, 4) is 0 Å². The zero-order valence-corrected chi connectivity index (χ0v) is 19.8. The average Bonchev–Trinajstić information content (AvgIpc) is 3.26. The summed E-state index contributed by atoms with van der Waals surface area (Å²) in [6, 6.07) is 16.1. The average molecular weight is 496 g/mol. The second-order valence-corrected chi connectivity index (χ2v) is 9.60. The molecule has 0 atom stereocenters. The summed E-state index contributed by atoms with van der Waals surface area (Å²) < 4.78 is 5.63. The third-order valence-electron chi connectivity index (χ3n) is 6.32. The Morgan fingerprint density at radius 3 is 2.41 bits per heavy atom. The summed E-state index contributed by atoms with van der Waals surface area (Å²) in [4.78, 5) is 29.7. The normalized spacial score (nSPS) is 18.2. The maximum Gasteiger partial charge on any atom is 0.287 e. The number of furan rings is 1. The van der Waals surface area contributed by atoms with Gasteiger partial charge in [-0.15, -0.1) is 0 Å². The molecule has 1 saturated carbocycles. The molecule has 0 aliphatic heterocycles. The van der Waals surface area contributed by atoms with Crippen LogP contribution >= 0.6 is 23.2 Å². The molecule has 4 aromatic rings. The molecule has 2 aromatic carbocycles. The molecule has 0 spiro atoms. The van der Waals surface area contributed by atoms with Gasteiger partial charge in [0.15, 0.2) is 5.76 Å². The Bertz CT molecular complexity index is 1380. The van der Waals surface area contributed by atoms with Gasteiger partial charge in [0.05, 0.1) is 5.52 Å². The number of fused-ring (bicyclic) bond motifs is 2. The minimum Gasteiger partial charge on any atom is -0.451 e. The number of carbonyl (C=O) groups excluding carboxylic acids is 2. The topological polar surface area (TPSA) is 84.2 Å². The molecule has 8 heteroatoms. The Morgan fingerprint density at radius 1 is 0.882 bits per heavy atom. The molecule has 0 bridgehead atoms. The van der Waals surface area contributed by atoms with Crippen molar-refractivity contribution in [3.63, 3.8) is 0 Å². The number of halogens is 2. The van der Waals surface area contributed by atoms with Crippen molar-refractivity contribution in [2.75, 3.05) is 6.54 Å². The Labute approximate surface area is 206 Å². The minimum atomic E-state index is -0.230. The Morgan fingerprint density at radius 2 is 1.62 bits per heavy atom. The van der Waals surface area contributed by atoms with E-state index in [2.05, 4.69) is 15.6 Å². The highest BCUT2D eigenvalue weighted by atomic mass is 35.5. The van der Waals surface area contributed by atoms with Crippen LogP contribution in [-0.4, -0.2) is 29.4 Å². The Balaban J connectivity index is 1.11. The van der Waals surface area contributed by atoms with Crippen molar-refractivity contribution >= 4 is 56.9 Å². The zero-order chi connectivity index (χ0) is 23.7. The van der Waals surface area contributed by atoms with E-state index in [1.165, 1.54) is 0 Å². The number of nitrogens with one attached hydrogen (secondary N) is 2. The summed E-state index contributed by atoms with van der Waals surface area (Å²) in [5, 5.41) is 9.02. The molecule has 0 unspecified atom stereocenters. The van der Waals surface area contributed by atoms with E-state index in [0.717, 1.165) is 42.0 Å². The van der Waals surface area contributed by atoms with Crippen LogP contribution in [0, 0.1) is 5.92 Å². The number of rotatable bonds is 5. The van der Waals surface area contributed by atoms with E-state index in [1.807, 2.05) is 18.2 Å². The fourth-order valence-corrected chi connectivity index (χ4v) is 4.80. The highest BCUT2D eigenvalue weighted by molar-refractivity contribution is 6.31. The van der Waals surface area contributed by atoms with Gasteiger partial charge in [-0.25, -0.2) is 4.98 Å². The summed E-state index contributed by atoms with van der Waals surface area (Å²) in [6.07, 6.45) is 3.56. The fourth-order valence-electron chi connectivity index (χ4n) is 4.44. The lowest BCUT2D eigenvalue weighted by Crippen LogP contribution is -2.40. The Hall–Kier alpha value is -3.09. The third kappa shape index (κ3) is 5.03. The van der Waals surface area contributed by atoms with E-state index in [9.17, 15) is 9.59 Å². The lowest BCUT2D eigenvalue weighted by molar-refractivity contribution is 0.0909. The summed E-state index contributed by atoms with van der Waals surface area (Å²) in [6.45, 7) is 0.575. The highest BCUT2D eigenvalue weighted by Crippen LogP contribution is 2.26. The van der Waals surface area contributed by atoms with Crippen LogP contribution in [0.15, 0.2) is 59.0 Å². The predicted molar refractivity (Wildman–Crippen MR) is 134 cm³/mol. The van der Waals surface area contributed by atoms with Crippen molar-refractivity contribution in [1.29, 1.82) is 0 Å². The molecule has 174 valence electrons. The van der Waals surface area contributed by atoms with E-state index >= 15 is 0 Å². The summed E-state index contributed by atoms with van der Waals surface area (Å²) in [5.41, 5.74) is 1.77. The molecule has 1 fully saturated rings. The van der Waals surface area contributed by atoms with Crippen molar-refractivity contribution in [2.45, 2.75) is 31.7 Å². The smallest absolute Gasteiger partial charge is 0.287 e. The van der Waals surface area contributed by atoms with Crippen molar-refractivity contribution in [3.05, 3.63) is 76.1 Å². The maximum atomic E-state index is 12.7. The largest absolute Gasteiger partial charge is 0.451 e. The standard InChI is InChI=1S/C26H23Cl2N3O3/c27-18-4-9-21-16(11-18)3-8-22(31-21)25(32)30-20-6-1-15(2-7-20)14-29-26(33)24-13-17-12-19(28)5-10-23(17)34-24/h3-5,8-13,15,20H,1-2,6-7,14H2,(H,29,33)(H,30,32). The van der Waals surface area contributed by atoms with Gasteiger partial charge < -0.3 is 15.1 Å². The number of benzene rings is 2. The van der Waals surface area contributed by atoms with E-state index in [0.29, 0.717) is 33.8 Å². The van der Waals surface area contributed by atoms with Crippen LogP contribution in [0.2, 0.25) is 10.0 Å². The molecular weight excluding hydrogens is 473 g/mol. The summed E-state index contributed by atoms with van der Waals surface area (Å²) in [7, 11) is 0. The predicted octanol–water partition coefficient (Wildman–Crippen LogP) is 6.01. The third-order valence-corrected chi connectivity index (χ3v) is 6.79. The van der Waals surface area contributed by atoms with Crippen LogP contribution in [-0.2, 0) is 0 Å². The van der Waals surface area contributed by atoms with E-state index in [-0.39, 0.29) is 23.6 Å². The van der Waals surface area contributed by atoms with Gasteiger partial charge in [-0.1, -0.05) is 29.3 Å².